The molecular weight excluding hydrogens is 366 g/mol. The van der Waals surface area contributed by atoms with Gasteiger partial charge in [0, 0.05) is 10.9 Å². The fraction of sp³-hybridized carbons (Fsp3) is 0.304. The zero-order valence-corrected chi connectivity index (χ0v) is 17.6. The highest BCUT2D eigenvalue weighted by Gasteiger charge is 2.06. The number of nitrogens with one attached hydrogen (secondary N) is 1. The molecule has 0 saturated heterocycles. The lowest BCUT2D eigenvalue weighted by Gasteiger charge is -2.05. The van der Waals surface area contributed by atoms with Gasteiger partial charge in [0.05, 0.1) is 18.5 Å². The lowest BCUT2D eigenvalue weighted by atomic mass is 10.0. The van der Waals surface area contributed by atoms with E-state index in [1.165, 1.54) is 24.0 Å². The van der Waals surface area contributed by atoms with Crippen LogP contribution in [-0.2, 0) is 0 Å². The number of aromatic nitrogens is 1. The van der Waals surface area contributed by atoms with Crippen LogP contribution in [-0.4, -0.2) is 17.8 Å². The molecule has 2 aromatic carbocycles. The maximum atomic E-state index is 5.73. The Hall–Kier alpha value is -2.66. The minimum absolute atomic E-state index is 0.773. The average Bonchev–Trinajstić information content (AvgIpc) is 3.15. The number of anilines is 1. The molecule has 1 heterocycles. The minimum atomic E-state index is 0.773. The smallest absolute Gasteiger partial charge is 0.203 e. The molecule has 0 bridgehead atoms. The molecule has 0 aliphatic heterocycles. The van der Waals surface area contributed by atoms with Gasteiger partial charge in [-0.2, -0.15) is 5.10 Å². The van der Waals surface area contributed by atoms with Gasteiger partial charge in [-0.15, -0.1) is 11.3 Å². The Morgan fingerprint density at radius 1 is 1.11 bits per heavy atom. The van der Waals surface area contributed by atoms with Crippen molar-refractivity contribution < 1.29 is 4.74 Å². The van der Waals surface area contributed by atoms with E-state index < -0.39 is 0 Å². The quantitative estimate of drug-likeness (QED) is 0.258. The van der Waals surface area contributed by atoms with Gasteiger partial charge in [0.2, 0.25) is 5.13 Å². The van der Waals surface area contributed by atoms with E-state index in [2.05, 4.69) is 59.9 Å². The number of benzene rings is 2. The Morgan fingerprint density at radius 3 is 2.68 bits per heavy atom. The van der Waals surface area contributed by atoms with Crippen LogP contribution in [0.4, 0.5) is 5.13 Å². The first kappa shape index (κ1) is 20.1. The van der Waals surface area contributed by atoms with Gasteiger partial charge in [0.1, 0.15) is 5.75 Å². The van der Waals surface area contributed by atoms with Crippen LogP contribution >= 0.6 is 11.3 Å². The summed E-state index contributed by atoms with van der Waals surface area (Å²) in [5.74, 6) is 0.902. The third kappa shape index (κ3) is 5.67. The predicted octanol–water partition coefficient (Wildman–Crippen LogP) is 6.44. The average molecular weight is 394 g/mol. The number of aryl methyl sites for hydroxylation is 2. The van der Waals surface area contributed by atoms with Gasteiger partial charge >= 0.3 is 0 Å². The number of hydrogen-bond acceptors (Lipinski definition) is 5. The third-order valence-electron chi connectivity index (χ3n) is 4.43. The Balaban J connectivity index is 1.54. The number of rotatable bonds is 9. The standard InChI is InChI=1S/C23H27N3OS/c1-4-5-6-13-27-20-10-8-19(9-11-20)15-24-26-23-25-22(16-28-23)21-12-7-17(2)14-18(21)3/h7-12,14-16H,4-6,13H2,1-3H3,(H,25,26)/b24-15-. The molecule has 0 radical (unpaired) electrons. The van der Waals surface area contributed by atoms with Crippen molar-refractivity contribution in [1.29, 1.82) is 0 Å². The number of nitrogens with zero attached hydrogens (tertiary/aromatic N) is 2. The zero-order valence-electron chi connectivity index (χ0n) is 16.7. The molecule has 0 unspecified atom stereocenters. The first-order valence-corrected chi connectivity index (χ1v) is 10.6. The van der Waals surface area contributed by atoms with Gasteiger partial charge in [0.25, 0.3) is 0 Å². The Bertz CT molecular complexity index is 916. The van der Waals surface area contributed by atoms with Gasteiger partial charge in [-0.25, -0.2) is 4.98 Å². The molecular formula is C23H27N3OS. The molecule has 0 saturated carbocycles. The second-order valence-electron chi connectivity index (χ2n) is 6.85. The van der Waals surface area contributed by atoms with Crippen molar-refractivity contribution in [2.75, 3.05) is 12.0 Å². The molecule has 3 rings (SSSR count). The van der Waals surface area contributed by atoms with Crippen molar-refractivity contribution in [3.63, 3.8) is 0 Å². The van der Waals surface area contributed by atoms with Crippen molar-refractivity contribution in [2.45, 2.75) is 40.0 Å². The highest BCUT2D eigenvalue weighted by molar-refractivity contribution is 7.14. The molecule has 0 spiro atoms. The molecule has 0 amide bonds. The number of hydrazone groups is 1. The van der Waals surface area contributed by atoms with E-state index >= 15 is 0 Å². The summed E-state index contributed by atoms with van der Waals surface area (Å²) in [6.07, 6.45) is 5.30. The summed E-state index contributed by atoms with van der Waals surface area (Å²) >= 11 is 1.55. The molecule has 28 heavy (non-hydrogen) atoms. The van der Waals surface area contributed by atoms with Gasteiger partial charge in [-0.3, -0.25) is 5.43 Å². The fourth-order valence-electron chi connectivity index (χ4n) is 2.90. The van der Waals surface area contributed by atoms with Crippen molar-refractivity contribution in [2.24, 2.45) is 5.10 Å². The summed E-state index contributed by atoms with van der Waals surface area (Å²) in [5, 5.41) is 7.14. The highest BCUT2D eigenvalue weighted by Crippen LogP contribution is 2.28. The van der Waals surface area contributed by atoms with Gasteiger partial charge in [-0.05, 0) is 55.7 Å². The van der Waals surface area contributed by atoms with Crippen LogP contribution in [0.15, 0.2) is 52.9 Å². The van der Waals surface area contributed by atoms with Crippen LogP contribution in [0, 0.1) is 13.8 Å². The van der Waals surface area contributed by atoms with E-state index in [9.17, 15) is 0 Å². The van der Waals surface area contributed by atoms with Crippen molar-refractivity contribution in [3.8, 4) is 17.0 Å². The molecule has 1 N–H and O–H groups in total. The van der Waals surface area contributed by atoms with Crippen LogP contribution in [0.25, 0.3) is 11.3 Å². The summed E-state index contributed by atoms with van der Waals surface area (Å²) < 4.78 is 5.73. The molecule has 0 fully saturated rings. The Morgan fingerprint density at radius 2 is 1.93 bits per heavy atom. The van der Waals surface area contributed by atoms with Crippen LogP contribution in [0.1, 0.15) is 42.9 Å². The Labute approximate surface area is 171 Å². The molecule has 0 atom stereocenters. The largest absolute Gasteiger partial charge is 0.494 e. The lowest BCUT2D eigenvalue weighted by molar-refractivity contribution is 0.306. The van der Waals surface area contributed by atoms with Crippen LogP contribution in [0.2, 0.25) is 0 Å². The second-order valence-corrected chi connectivity index (χ2v) is 7.71. The van der Waals surface area contributed by atoms with Crippen LogP contribution in [0.3, 0.4) is 0 Å². The monoisotopic (exact) mass is 393 g/mol. The van der Waals surface area contributed by atoms with Crippen LogP contribution < -0.4 is 10.2 Å². The normalized spacial score (nSPS) is 11.1. The van der Waals surface area contributed by atoms with Gasteiger partial charge in [-0.1, -0.05) is 43.5 Å². The topological polar surface area (TPSA) is 46.5 Å². The van der Waals surface area contributed by atoms with E-state index in [4.69, 9.17) is 4.74 Å². The van der Waals surface area contributed by atoms with Crippen molar-refractivity contribution in [3.05, 3.63) is 64.5 Å². The summed E-state index contributed by atoms with van der Waals surface area (Å²) in [6, 6.07) is 14.4. The second kappa shape index (κ2) is 10.0. The molecule has 146 valence electrons. The first-order chi connectivity index (χ1) is 13.7. The fourth-order valence-corrected chi connectivity index (χ4v) is 3.56. The molecule has 0 aliphatic carbocycles. The summed E-state index contributed by atoms with van der Waals surface area (Å²) in [5.41, 5.74) is 8.67. The SMILES string of the molecule is CCCCCOc1ccc(/C=N\Nc2nc(-c3ccc(C)cc3C)cs2)cc1. The predicted molar refractivity (Wildman–Crippen MR) is 120 cm³/mol. The Kier molecular flexibility index (Phi) is 7.20. The lowest BCUT2D eigenvalue weighted by Crippen LogP contribution is -1.97. The number of ether oxygens (including phenoxy) is 1. The van der Waals surface area contributed by atoms with E-state index in [0.29, 0.717) is 0 Å². The molecule has 1 aromatic heterocycles. The van der Waals surface area contributed by atoms with E-state index in [1.54, 1.807) is 17.6 Å². The molecule has 5 heteroatoms. The van der Waals surface area contributed by atoms with E-state index in [-0.39, 0.29) is 0 Å². The number of thiazole rings is 1. The number of hydrogen-bond donors (Lipinski definition) is 1. The summed E-state index contributed by atoms with van der Waals surface area (Å²) in [4.78, 5) is 4.64. The molecule has 4 nitrogen and oxygen atoms in total. The van der Waals surface area contributed by atoms with Crippen molar-refractivity contribution in [1.82, 2.24) is 4.98 Å². The zero-order chi connectivity index (χ0) is 19.8. The first-order valence-electron chi connectivity index (χ1n) is 9.71. The molecule has 0 aliphatic rings. The third-order valence-corrected chi connectivity index (χ3v) is 5.18. The maximum Gasteiger partial charge on any atom is 0.203 e. The van der Waals surface area contributed by atoms with Gasteiger partial charge in [0.15, 0.2) is 0 Å². The maximum absolute atomic E-state index is 5.73. The van der Waals surface area contributed by atoms with Gasteiger partial charge < -0.3 is 4.74 Å². The summed E-state index contributed by atoms with van der Waals surface area (Å²) in [7, 11) is 0. The van der Waals surface area contributed by atoms with Crippen LogP contribution in [0.5, 0.6) is 5.75 Å². The molecule has 3 aromatic rings. The van der Waals surface area contributed by atoms with Crippen molar-refractivity contribution >= 4 is 22.7 Å². The highest BCUT2D eigenvalue weighted by atomic mass is 32.1. The minimum Gasteiger partial charge on any atom is -0.494 e. The van der Waals surface area contributed by atoms with E-state index in [1.807, 2.05) is 24.3 Å². The van der Waals surface area contributed by atoms with E-state index in [0.717, 1.165) is 40.7 Å². The number of unbranched alkanes of at least 4 members (excludes halogenated alkanes) is 2. The summed E-state index contributed by atoms with van der Waals surface area (Å²) in [6.45, 7) is 7.18.